The third-order valence-electron chi connectivity index (χ3n) is 2.89. The maximum absolute atomic E-state index is 12.0. The summed E-state index contributed by atoms with van der Waals surface area (Å²) < 4.78 is 25.7. The molecule has 0 saturated heterocycles. The fourth-order valence-corrected chi connectivity index (χ4v) is 3.32. The van der Waals surface area contributed by atoms with E-state index in [4.69, 9.17) is 0 Å². The van der Waals surface area contributed by atoms with Gasteiger partial charge in [-0.25, -0.2) is 13.1 Å². The lowest BCUT2D eigenvalue weighted by Gasteiger charge is -2.09. The van der Waals surface area contributed by atoms with Gasteiger partial charge in [-0.3, -0.25) is 4.79 Å². The topological polar surface area (TPSA) is 81.1 Å². The molecule has 1 heterocycles. The Kier molecular flexibility index (Phi) is 4.97. The lowest BCUT2D eigenvalue weighted by molar-refractivity contribution is -0.119. The fourth-order valence-electron chi connectivity index (χ4n) is 2.03. The van der Waals surface area contributed by atoms with Gasteiger partial charge in [-0.1, -0.05) is 12.1 Å². The van der Waals surface area contributed by atoms with Crippen LogP contribution in [-0.2, 0) is 20.4 Å². The first-order valence-electron chi connectivity index (χ1n) is 6.94. The van der Waals surface area contributed by atoms with Gasteiger partial charge in [-0.15, -0.1) is 0 Å². The number of sulfone groups is 1. The summed E-state index contributed by atoms with van der Waals surface area (Å²) >= 11 is 0. The first-order chi connectivity index (χ1) is 10.4. The summed E-state index contributed by atoms with van der Waals surface area (Å²) in [6, 6.07) is 8.80. The van der Waals surface area contributed by atoms with Crippen molar-refractivity contribution in [3.63, 3.8) is 0 Å². The molecule has 0 unspecified atom stereocenters. The molecule has 1 aromatic carbocycles. The molecule has 2 rings (SSSR count). The highest BCUT2D eigenvalue weighted by Gasteiger charge is 2.17. The van der Waals surface area contributed by atoms with Gasteiger partial charge in [0, 0.05) is 18.4 Å². The van der Waals surface area contributed by atoms with E-state index in [1.165, 1.54) is 0 Å². The zero-order valence-corrected chi connectivity index (χ0v) is 13.4. The third-order valence-corrected chi connectivity index (χ3v) is 4.37. The monoisotopic (exact) mass is 321 g/mol. The summed E-state index contributed by atoms with van der Waals surface area (Å²) in [7, 11) is -3.48. The highest BCUT2D eigenvalue weighted by atomic mass is 32.2. The van der Waals surface area contributed by atoms with Crippen molar-refractivity contribution in [1.82, 2.24) is 15.1 Å². The second-order valence-electron chi connectivity index (χ2n) is 5.37. The van der Waals surface area contributed by atoms with E-state index in [0.29, 0.717) is 5.56 Å². The number of hydrogen-bond acceptors (Lipinski definition) is 4. The largest absolute Gasteiger partial charge is 0.353 e. The Morgan fingerprint density at radius 1 is 1.27 bits per heavy atom. The molecular weight excluding hydrogens is 302 g/mol. The van der Waals surface area contributed by atoms with Crippen molar-refractivity contribution in [1.29, 1.82) is 0 Å². The highest BCUT2D eigenvalue weighted by molar-refractivity contribution is 7.91. The van der Waals surface area contributed by atoms with Crippen LogP contribution in [0.1, 0.15) is 19.4 Å². The van der Waals surface area contributed by atoms with Crippen LogP contribution in [0.2, 0.25) is 0 Å². The summed E-state index contributed by atoms with van der Waals surface area (Å²) in [5.74, 6) is -1.12. The van der Waals surface area contributed by atoms with Crippen LogP contribution in [0.3, 0.4) is 0 Å². The van der Waals surface area contributed by atoms with E-state index in [0.717, 1.165) is 5.69 Å². The highest BCUT2D eigenvalue weighted by Crippen LogP contribution is 2.11. The van der Waals surface area contributed by atoms with Gasteiger partial charge in [0.25, 0.3) is 0 Å². The van der Waals surface area contributed by atoms with Crippen LogP contribution < -0.4 is 5.32 Å². The van der Waals surface area contributed by atoms with Crippen molar-refractivity contribution in [2.45, 2.75) is 25.6 Å². The SMILES string of the molecule is CC(C)NC(=O)CS(=O)(=O)Cc1ccc(-n2cccn2)cc1. The Balaban J connectivity index is 2.02. The third kappa shape index (κ3) is 4.70. The van der Waals surface area contributed by atoms with Gasteiger partial charge in [0.05, 0.1) is 11.4 Å². The van der Waals surface area contributed by atoms with Crippen molar-refractivity contribution >= 4 is 15.7 Å². The zero-order chi connectivity index (χ0) is 16.2. The van der Waals surface area contributed by atoms with Crippen molar-refractivity contribution in [2.75, 3.05) is 5.75 Å². The summed E-state index contributed by atoms with van der Waals surface area (Å²) in [6.07, 6.45) is 3.48. The Morgan fingerprint density at radius 3 is 2.50 bits per heavy atom. The molecule has 0 fully saturated rings. The maximum atomic E-state index is 12.0. The molecular formula is C15H19N3O3S. The Labute approximate surface area is 130 Å². The number of amides is 1. The molecule has 0 spiro atoms. The van der Waals surface area contributed by atoms with Gasteiger partial charge in [0.2, 0.25) is 5.91 Å². The molecule has 7 heteroatoms. The molecule has 0 aliphatic carbocycles. The van der Waals surface area contributed by atoms with Crippen molar-refractivity contribution in [3.8, 4) is 5.69 Å². The molecule has 22 heavy (non-hydrogen) atoms. The Bertz CT molecular complexity index is 720. The van der Waals surface area contributed by atoms with Crippen LogP contribution in [-0.4, -0.2) is 35.9 Å². The van der Waals surface area contributed by atoms with Gasteiger partial charge in [-0.05, 0) is 37.6 Å². The second kappa shape index (κ2) is 6.74. The van der Waals surface area contributed by atoms with E-state index in [1.54, 1.807) is 49.0 Å². The van der Waals surface area contributed by atoms with Crippen LogP contribution in [0, 0.1) is 0 Å². The molecule has 1 amide bonds. The minimum Gasteiger partial charge on any atom is -0.353 e. The number of nitrogens with one attached hydrogen (secondary N) is 1. The minimum absolute atomic E-state index is 0.0731. The molecule has 0 bridgehead atoms. The average Bonchev–Trinajstić information content (AvgIpc) is 2.91. The molecule has 6 nitrogen and oxygen atoms in total. The Morgan fingerprint density at radius 2 is 1.95 bits per heavy atom. The standard InChI is InChI=1S/C15H19N3O3S/c1-12(2)17-15(19)11-22(20,21)10-13-4-6-14(7-5-13)18-9-3-8-16-18/h3-9,12H,10-11H2,1-2H3,(H,17,19). The summed E-state index contributed by atoms with van der Waals surface area (Å²) in [5, 5.41) is 6.69. The number of carbonyl (C=O) groups is 1. The van der Waals surface area contributed by atoms with E-state index in [2.05, 4.69) is 10.4 Å². The Hall–Kier alpha value is -2.15. The molecule has 1 N–H and O–H groups in total. The number of aromatic nitrogens is 2. The average molecular weight is 321 g/mol. The predicted octanol–water partition coefficient (Wildman–Crippen LogP) is 1.31. The van der Waals surface area contributed by atoms with E-state index in [-0.39, 0.29) is 11.8 Å². The molecule has 0 aliphatic rings. The first-order valence-corrected chi connectivity index (χ1v) is 8.76. The molecule has 118 valence electrons. The lowest BCUT2D eigenvalue weighted by atomic mass is 10.2. The van der Waals surface area contributed by atoms with Crippen molar-refractivity contribution in [2.24, 2.45) is 0 Å². The first kappa shape index (κ1) is 16.2. The molecule has 1 aromatic heterocycles. The van der Waals surface area contributed by atoms with Gasteiger partial charge >= 0.3 is 0 Å². The van der Waals surface area contributed by atoms with E-state index in [9.17, 15) is 13.2 Å². The van der Waals surface area contributed by atoms with Gasteiger partial charge in [0.1, 0.15) is 5.75 Å². The van der Waals surface area contributed by atoms with Gasteiger partial charge in [0.15, 0.2) is 9.84 Å². The smallest absolute Gasteiger partial charge is 0.235 e. The molecule has 0 radical (unpaired) electrons. The molecule has 0 atom stereocenters. The second-order valence-corrected chi connectivity index (χ2v) is 7.44. The van der Waals surface area contributed by atoms with E-state index >= 15 is 0 Å². The molecule has 0 saturated carbocycles. The van der Waals surface area contributed by atoms with Crippen LogP contribution >= 0.6 is 0 Å². The van der Waals surface area contributed by atoms with Crippen LogP contribution in [0.15, 0.2) is 42.7 Å². The zero-order valence-electron chi connectivity index (χ0n) is 12.6. The summed E-state index contributed by atoms with van der Waals surface area (Å²) in [6.45, 7) is 3.58. The minimum atomic E-state index is -3.48. The lowest BCUT2D eigenvalue weighted by Crippen LogP contribution is -2.35. The summed E-state index contributed by atoms with van der Waals surface area (Å²) in [5.41, 5.74) is 1.50. The molecule has 2 aromatic rings. The molecule has 0 aliphatic heterocycles. The van der Waals surface area contributed by atoms with Crippen molar-refractivity contribution in [3.05, 3.63) is 48.3 Å². The predicted molar refractivity (Wildman–Crippen MR) is 84.3 cm³/mol. The van der Waals surface area contributed by atoms with Crippen LogP contribution in [0.4, 0.5) is 0 Å². The van der Waals surface area contributed by atoms with Crippen LogP contribution in [0.25, 0.3) is 5.69 Å². The normalized spacial score (nSPS) is 11.6. The van der Waals surface area contributed by atoms with E-state index in [1.807, 2.05) is 12.3 Å². The van der Waals surface area contributed by atoms with Crippen LogP contribution in [0.5, 0.6) is 0 Å². The number of rotatable bonds is 6. The maximum Gasteiger partial charge on any atom is 0.235 e. The number of hydrogen-bond donors (Lipinski definition) is 1. The van der Waals surface area contributed by atoms with Gasteiger partial charge < -0.3 is 5.32 Å². The summed E-state index contributed by atoms with van der Waals surface area (Å²) in [4.78, 5) is 11.6. The quantitative estimate of drug-likeness (QED) is 0.870. The number of benzene rings is 1. The van der Waals surface area contributed by atoms with Crippen molar-refractivity contribution < 1.29 is 13.2 Å². The number of carbonyl (C=O) groups excluding carboxylic acids is 1. The van der Waals surface area contributed by atoms with E-state index < -0.39 is 21.5 Å². The number of nitrogens with zero attached hydrogens (tertiary/aromatic N) is 2. The fraction of sp³-hybridized carbons (Fsp3) is 0.333. The van der Waals surface area contributed by atoms with Gasteiger partial charge in [-0.2, -0.15) is 5.10 Å².